The third-order valence-corrected chi connectivity index (χ3v) is 6.29. The Balaban J connectivity index is 1.36. The largest absolute Gasteiger partial charge is 0.444 e. The van der Waals surface area contributed by atoms with Crippen molar-refractivity contribution in [2.75, 3.05) is 13.1 Å². The Labute approximate surface area is 212 Å². The van der Waals surface area contributed by atoms with Gasteiger partial charge >= 0.3 is 6.09 Å². The summed E-state index contributed by atoms with van der Waals surface area (Å²) in [6, 6.07) is 9.02. The lowest BCUT2D eigenvalue weighted by Crippen LogP contribution is -2.41. The molecule has 0 spiro atoms. The summed E-state index contributed by atoms with van der Waals surface area (Å²) in [5.74, 6) is 0.833. The van der Waals surface area contributed by atoms with E-state index in [-0.39, 0.29) is 17.6 Å². The number of carbonyl (C=O) groups is 1. The highest BCUT2D eigenvalue weighted by molar-refractivity contribution is 6.30. The molecule has 0 radical (unpaired) electrons. The summed E-state index contributed by atoms with van der Waals surface area (Å²) >= 11 is 6.07. The number of nitrogens with one attached hydrogen (secondary N) is 1. The lowest BCUT2D eigenvalue weighted by atomic mass is 9.93. The zero-order chi connectivity index (χ0) is 25.4. The van der Waals surface area contributed by atoms with Crippen LogP contribution in [0, 0.1) is 0 Å². The van der Waals surface area contributed by atoms with Gasteiger partial charge in [-0.2, -0.15) is 10.1 Å². The van der Waals surface area contributed by atoms with Crippen LogP contribution in [0.1, 0.15) is 56.7 Å². The summed E-state index contributed by atoms with van der Waals surface area (Å²) in [6.45, 7) is 6.64. The molecule has 5 rings (SSSR count). The molecule has 1 amide bonds. The average Bonchev–Trinajstić information content (AvgIpc) is 3.44. The summed E-state index contributed by atoms with van der Waals surface area (Å²) < 4.78 is 12.7. The molecule has 1 aliphatic rings. The quantitative estimate of drug-likeness (QED) is 0.431. The summed E-state index contributed by atoms with van der Waals surface area (Å²) in [6.07, 6.45) is 3.13. The number of aromatic amines is 1. The summed E-state index contributed by atoms with van der Waals surface area (Å²) in [7, 11) is 0. The molecule has 0 saturated carbocycles. The van der Waals surface area contributed by atoms with Gasteiger partial charge in [0, 0.05) is 30.1 Å². The number of fused-ring (bicyclic) bond motifs is 1. The molecule has 4 aromatic rings. The zero-order valence-corrected chi connectivity index (χ0v) is 21.1. The van der Waals surface area contributed by atoms with Gasteiger partial charge in [0.1, 0.15) is 11.2 Å². The highest BCUT2D eigenvalue weighted by atomic mass is 35.5. The minimum absolute atomic E-state index is 0.0601. The first-order valence-corrected chi connectivity index (χ1v) is 12.2. The van der Waals surface area contributed by atoms with Crippen LogP contribution in [0.15, 0.2) is 45.8 Å². The number of hydrogen-bond donors (Lipinski definition) is 1. The molecule has 0 bridgehead atoms. The van der Waals surface area contributed by atoms with Crippen LogP contribution in [0.25, 0.3) is 17.0 Å². The Morgan fingerprint density at radius 3 is 2.75 bits per heavy atom. The van der Waals surface area contributed by atoms with Gasteiger partial charge < -0.3 is 19.1 Å². The maximum Gasteiger partial charge on any atom is 0.410 e. The molecule has 0 unspecified atom stereocenters. The highest BCUT2D eigenvalue weighted by Gasteiger charge is 2.29. The number of aromatic nitrogens is 5. The van der Waals surface area contributed by atoms with E-state index in [0.29, 0.717) is 60.3 Å². The summed E-state index contributed by atoms with van der Waals surface area (Å²) in [4.78, 5) is 34.1. The summed E-state index contributed by atoms with van der Waals surface area (Å²) in [5, 5.41) is 9.26. The molecule has 1 saturated heterocycles. The van der Waals surface area contributed by atoms with E-state index < -0.39 is 5.60 Å². The maximum atomic E-state index is 12.6. The van der Waals surface area contributed by atoms with E-state index in [1.165, 1.54) is 0 Å². The van der Waals surface area contributed by atoms with Gasteiger partial charge in [0.25, 0.3) is 5.56 Å². The SMILES string of the molecule is CC(C)(C)OC(=O)N1CCC(c2cc(=O)[nH]c3c(-c4noc(Cc5cccc(Cl)c5)n4)cnn23)CC1. The number of H-pyrrole nitrogens is 1. The van der Waals surface area contributed by atoms with Crippen molar-refractivity contribution in [1.82, 2.24) is 29.6 Å². The van der Waals surface area contributed by atoms with E-state index >= 15 is 0 Å². The Kier molecular flexibility index (Phi) is 6.29. The molecule has 188 valence electrons. The van der Waals surface area contributed by atoms with Gasteiger partial charge in [0.2, 0.25) is 11.7 Å². The summed E-state index contributed by atoms with van der Waals surface area (Å²) in [5.41, 5.74) is 2.03. The molecule has 3 aromatic heterocycles. The number of rotatable bonds is 4. The fourth-order valence-corrected chi connectivity index (χ4v) is 4.62. The van der Waals surface area contributed by atoms with Crippen LogP contribution in [-0.2, 0) is 11.2 Å². The molecule has 11 heteroatoms. The van der Waals surface area contributed by atoms with Crippen molar-refractivity contribution in [3.05, 3.63) is 69.1 Å². The zero-order valence-electron chi connectivity index (χ0n) is 20.3. The van der Waals surface area contributed by atoms with E-state index in [0.717, 1.165) is 11.3 Å². The number of halogens is 1. The first kappa shape index (κ1) is 24.1. The molecule has 4 heterocycles. The van der Waals surface area contributed by atoms with Crippen LogP contribution < -0.4 is 5.56 Å². The average molecular weight is 511 g/mol. The number of amides is 1. The topological polar surface area (TPSA) is 119 Å². The molecule has 1 aromatic carbocycles. The Hall–Kier alpha value is -3.66. The van der Waals surface area contributed by atoms with Crippen LogP contribution in [0.4, 0.5) is 4.79 Å². The molecule has 1 aliphatic heterocycles. The van der Waals surface area contributed by atoms with Gasteiger partial charge in [0.15, 0.2) is 0 Å². The van der Waals surface area contributed by atoms with Crippen molar-refractivity contribution in [1.29, 1.82) is 0 Å². The second-order valence-corrected chi connectivity index (χ2v) is 10.4. The molecular formula is C25H27ClN6O4. The van der Waals surface area contributed by atoms with Crippen molar-refractivity contribution < 1.29 is 14.1 Å². The van der Waals surface area contributed by atoms with Crippen LogP contribution in [0.3, 0.4) is 0 Å². The van der Waals surface area contributed by atoms with E-state index in [1.54, 1.807) is 27.7 Å². The number of piperidine rings is 1. The van der Waals surface area contributed by atoms with Gasteiger partial charge in [-0.1, -0.05) is 28.9 Å². The molecule has 1 fully saturated rings. The van der Waals surface area contributed by atoms with Crippen LogP contribution in [0.2, 0.25) is 5.02 Å². The van der Waals surface area contributed by atoms with Crippen LogP contribution in [-0.4, -0.2) is 54.4 Å². The number of benzene rings is 1. The fourth-order valence-electron chi connectivity index (χ4n) is 4.41. The number of nitrogens with zero attached hydrogens (tertiary/aromatic N) is 5. The fraction of sp³-hybridized carbons (Fsp3) is 0.400. The van der Waals surface area contributed by atoms with Crippen molar-refractivity contribution in [2.45, 2.75) is 51.6 Å². The minimum atomic E-state index is -0.540. The Morgan fingerprint density at radius 1 is 1.25 bits per heavy atom. The van der Waals surface area contributed by atoms with E-state index in [2.05, 4.69) is 20.2 Å². The van der Waals surface area contributed by atoms with Gasteiger partial charge in [-0.05, 0) is 51.3 Å². The van der Waals surface area contributed by atoms with Crippen molar-refractivity contribution in [3.8, 4) is 11.4 Å². The van der Waals surface area contributed by atoms with Gasteiger partial charge in [-0.25, -0.2) is 9.31 Å². The molecule has 0 atom stereocenters. The lowest BCUT2D eigenvalue weighted by molar-refractivity contribution is 0.0203. The number of carbonyl (C=O) groups excluding carboxylic acids is 1. The smallest absolute Gasteiger partial charge is 0.410 e. The van der Waals surface area contributed by atoms with Crippen molar-refractivity contribution in [3.63, 3.8) is 0 Å². The van der Waals surface area contributed by atoms with Gasteiger partial charge in [0.05, 0.1) is 23.9 Å². The highest BCUT2D eigenvalue weighted by Crippen LogP contribution is 2.30. The number of ether oxygens (including phenoxy) is 1. The maximum absolute atomic E-state index is 12.6. The minimum Gasteiger partial charge on any atom is -0.444 e. The van der Waals surface area contributed by atoms with Gasteiger partial charge in [-0.3, -0.25) is 4.79 Å². The van der Waals surface area contributed by atoms with Crippen LogP contribution in [0.5, 0.6) is 0 Å². The first-order chi connectivity index (χ1) is 17.2. The molecule has 10 nitrogen and oxygen atoms in total. The Bertz CT molecular complexity index is 1460. The predicted molar refractivity (Wildman–Crippen MR) is 133 cm³/mol. The normalized spacial score (nSPS) is 14.9. The van der Waals surface area contributed by atoms with Crippen molar-refractivity contribution >= 4 is 23.3 Å². The monoisotopic (exact) mass is 510 g/mol. The molecule has 36 heavy (non-hydrogen) atoms. The second-order valence-electron chi connectivity index (χ2n) is 9.94. The van der Waals surface area contributed by atoms with Gasteiger partial charge in [-0.15, -0.1) is 0 Å². The first-order valence-electron chi connectivity index (χ1n) is 11.8. The molecular weight excluding hydrogens is 484 g/mol. The third kappa shape index (κ3) is 5.13. The third-order valence-electron chi connectivity index (χ3n) is 6.05. The van der Waals surface area contributed by atoms with E-state index in [1.807, 2.05) is 39.0 Å². The van der Waals surface area contributed by atoms with Crippen LogP contribution >= 0.6 is 11.6 Å². The molecule has 1 N–H and O–H groups in total. The second kappa shape index (κ2) is 9.42. The Morgan fingerprint density at radius 2 is 2.03 bits per heavy atom. The lowest BCUT2D eigenvalue weighted by Gasteiger charge is -2.33. The number of hydrogen-bond acceptors (Lipinski definition) is 7. The standard InChI is InChI=1S/C25H27ClN6O4/c1-25(2,3)35-24(34)31-9-7-16(8-10-31)19-13-20(33)28-23-18(14-27-32(19)23)22-29-21(36-30-22)12-15-5-4-6-17(26)11-15/h4-6,11,13-14,16H,7-10,12H2,1-3H3,(H,28,33). The molecule has 0 aliphatic carbocycles. The van der Waals surface area contributed by atoms with E-state index in [9.17, 15) is 9.59 Å². The van der Waals surface area contributed by atoms with E-state index in [4.69, 9.17) is 20.9 Å². The number of likely N-dealkylation sites (tertiary alicyclic amines) is 1. The predicted octanol–water partition coefficient (Wildman–Crippen LogP) is 4.43. The van der Waals surface area contributed by atoms with Crippen molar-refractivity contribution in [2.24, 2.45) is 0 Å².